The summed E-state index contributed by atoms with van der Waals surface area (Å²) in [5, 5.41) is 10.3. The first-order valence-electron chi connectivity index (χ1n) is 11.1. The van der Waals surface area contributed by atoms with E-state index in [4.69, 9.17) is 33.0 Å². The fourth-order valence-corrected chi connectivity index (χ4v) is 5.40. The highest BCUT2D eigenvalue weighted by molar-refractivity contribution is 9.10. The summed E-state index contributed by atoms with van der Waals surface area (Å²) in [5.41, 5.74) is 3.10. The van der Waals surface area contributed by atoms with E-state index in [9.17, 15) is 9.59 Å². The number of amides is 1. The zero-order valence-corrected chi connectivity index (χ0v) is 23.3. The molecule has 2 heterocycles. The van der Waals surface area contributed by atoms with Gasteiger partial charge < -0.3 is 10.1 Å². The molecule has 0 unspecified atom stereocenters. The van der Waals surface area contributed by atoms with Gasteiger partial charge in [-0.25, -0.2) is 9.48 Å². The van der Waals surface area contributed by atoms with Gasteiger partial charge >= 0.3 is 5.97 Å². The number of nitrogens with zero attached hydrogens (tertiary/aromatic N) is 2. The summed E-state index contributed by atoms with van der Waals surface area (Å²) in [4.78, 5) is 27.0. The van der Waals surface area contributed by atoms with Gasteiger partial charge in [-0.15, -0.1) is 11.3 Å². The second kappa shape index (κ2) is 11.6. The van der Waals surface area contributed by atoms with Crippen LogP contribution in [0.25, 0.3) is 16.9 Å². The summed E-state index contributed by atoms with van der Waals surface area (Å²) in [7, 11) is 1.30. The van der Waals surface area contributed by atoms with E-state index in [1.54, 1.807) is 22.9 Å². The van der Waals surface area contributed by atoms with Crippen LogP contribution in [-0.4, -0.2) is 34.8 Å². The standard InChI is InChI=1S/C26H22BrCl2N3O3S/c1-3-19-23(25(33)30-21(26(34)35-2)14-18-5-4-12-36-18)31-32(22-11-10-17(28)13-20(22)29)24(19)15-6-8-16(27)9-7-15/h4-13,21H,3,14H2,1-2H3,(H,30,33)/t21-/m0/s1. The van der Waals surface area contributed by atoms with Gasteiger partial charge in [0.2, 0.25) is 0 Å². The Kier molecular flexibility index (Phi) is 8.51. The minimum Gasteiger partial charge on any atom is -0.467 e. The molecule has 4 rings (SSSR count). The molecule has 1 N–H and O–H groups in total. The summed E-state index contributed by atoms with van der Waals surface area (Å²) in [6, 6.07) is 15.8. The fraction of sp³-hybridized carbons (Fsp3) is 0.192. The molecule has 36 heavy (non-hydrogen) atoms. The van der Waals surface area contributed by atoms with Crippen molar-refractivity contribution in [3.63, 3.8) is 0 Å². The number of hydrogen-bond donors (Lipinski definition) is 1. The van der Waals surface area contributed by atoms with E-state index in [2.05, 4.69) is 21.2 Å². The molecule has 4 aromatic rings. The molecule has 2 aromatic carbocycles. The lowest BCUT2D eigenvalue weighted by Gasteiger charge is -2.15. The zero-order valence-electron chi connectivity index (χ0n) is 19.4. The van der Waals surface area contributed by atoms with Gasteiger partial charge in [-0.3, -0.25) is 4.79 Å². The molecule has 186 valence electrons. The van der Waals surface area contributed by atoms with E-state index in [0.717, 1.165) is 26.2 Å². The van der Waals surface area contributed by atoms with Crippen LogP contribution in [0.1, 0.15) is 27.9 Å². The number of rotatable bonds is 8. The van der Waals surface area contributed by atoms with Crippen LogP contribution in [0.15, 0.2) is 64.5 Å². The molecular formula is C26H22BrCl2N3O3S. The summed E-state index contributed by atoms with van der Waals surface area (Å²) < 4.78 is 7.53. The van der Waals surface area contributed by atoms with Gasteiger partial charge in [-0.05, 0) is 48.2 Å². The van der Waals surface area contributed by atoms with Crippen molar-refractivity contribution < 1.29 is 14.3 Å². The Hall–Kier alpha value is -2.65. The molecule has 0 bridgehead atoms. The Balaban J connectivity index is 1.81. The van der Waals surface area contributed by atoms with Crippen molar-refractivity contribution in [2.75, 3.05) is 7.11 Å². The molecule has 0 aliphatic carbocycles. The molecule has 0 aliphatic heterocycles. The Morgan fingerprint density at radius 2 is 1.92 bits per heavy atom. The molecule has 0 radical (unpaired) electrons. The minimum absolute atomic E-state index is 0.210. The monoisotopic (exact) mass is 605 g/mol. The predicted molar refractivity (Wildman–Crippen MR) is 147 cm³/mol. The molecule has 10 heteroatoms. The number of benzene rings is 2. The van der Waals surface area contributed by atoms with Crippen molar-refractivity contribution in [3.8, 4) is 16.9 Å². The van der Waals surface area contributed by atoms with E-state index in [1.165, 1.54) is 18.4 Å². The number of methoxy groups -OCH3 is 1. The molecule has 0 saturated heterocycles. The number of ether oxygens (including phenoxy) is 1. The van der Waals surface area contributed by atoms with Crippen LogP contribution in [0.2, 0.25) is 10.0 Å². The molecule has 2 aromatic heterocycles. The molecule has 6 nitrogen and oxygen atoms in total. The van der Waals surface area contributed by atoms with Crippen LogP contribution >= 0.6 is 50.5 Å². The van der Waals surface area contributed by atoms with Crippen molar-refractivity contribution in [1.82, 2.24) is 15.1 Å². The SMILES string of the molecule is CCc1c(C(=O)N[C@@H](Cc2cccs2)C(=O)OC)nn(-c2ccc(Cl)cc2Cl)c1-c1ccc(Br)cc1. The second-order valence-corrected chi connectivity index (χ2v) is 10.7. The van der Waals surface area contributed by atoms with Crippen LogP contribution < -0.4 is 5.32 Å². The van der Waals surface area contributed by atoms with E-state index in [0.29, 0.717) is 28.6 Å². The molecule has 1 atom stereocenters. The van der Waals surface area contributed by atoms with Gasteiger partial charge in [0.25, 0.3) is 5.91 Å². The topological polar surface area (TPSA) is 73.2 Å². The maximum atomic E-state index is 13.6. The van der Waals surface area contributed by atoms with Crippen LogP contribution in [0.5, 0.6) is 0 Å². The van der Waals surface area contributed by atoms with Crippen LogP contribution in [0, 0.1) is 0 Å². The van der Waals surface area contributed by atoms with Crippen LogP contribution in [0.3, 0.4) is 0 Å². The first kappa shape index (κ1) is 26.4. The highest BCUT2D eigenvalue weighted by Crippen LogP contribution is 2.34. The Morgan fingerprint density at radius 1 is 1.17 bits per heavy atom. The quantitative estimate of drug-likeness (QED) is 0.225. The van der Waals surface area contributed by atoms with Gasteiger partial charge in [0.05, 0.1) is 23.5 Å². The first-order valence-corrected chi connectivity index (χ1v) is 13.5. The number of carbonyl (C=O) groups is 2. The van der Waals surface area contributed by atoms with Gasteiger partial charge in [0.15, 0.2) is 5.69 Å². The lowest BCUT2D eigenvalue weighted by Crippen LogP contribution is -2.43. The number of thiophene rings is 1. The summed E-state index contributed by atoms with van der Waals surface area (Å²) in [6.45, 7) is 1.95. The Labute approximate surface area is 231 Å². The second-order valence-electron chi connectivity index (χ2n) is 7.88. The lowest BCUT2D eigenvalue weighted by molar-refractivity contribution is -0.142. The summed E-state index contributed by atoms with van der Waals surface area (Å²) in [6.07, 6.45) is 0.841. The van der Waals surface area contributed by atoms with Crippen molar-refractivity contribution >= 4 is 62.3 Å². The third-order valence-corrected chi connectivity index (χ3v) is 7.55. The summed E-state index contributed by atoms with van der Waals surface area (Å²) in [5.74, 6) is -0.996. The van der Waals surface area contributed by atoms with Crippen molar-refractivity contribution in [2.45, 2.75) is 25.8 Å². The van der Waals surface area contributed by atoms with Gasteiger partial charge in [0.1, 0.15) is 6.04 Å². The number of esters is 1. The lowest BCUT2D eigenvalue weighted by atomic mass is 10.0. The van der Waals surface area contributed by atoms with Crippen LogP contribution in [-0.2, 0) is 22.4 Å². The highest BCUT2D eigenvalue weighted by atomic mass is 79.9. The average Bonchev–Trinajstić information content (AvgIpc) is 3.51. The number of nitrogens with one attached hydrogen (secondary N) is 1. The molecule has 0 saturated carbocycles. The Morgan fingerprint density at radius 3 is 2.53 bits per heavy atom. The van der Waals surface area contributed by atoms with Gasteiger partial charge in [-0.2, -0.15) is 5.10 Å². The first-order chi connectivity index (χ1) is 17.3. The van der Waals surface area contributed by atoms with E-state index < -0.39 is 17.9 Å². The van der Waals surface area contributed by atoms with Gasteiger partial charge in [-0.1, -0.05) is 64.3 Å². The molecule has 0 aliphatic rings. The molecule has 1 amide bonds. The smallest absolute Gasteiger partial charge is 0.328 e. The van der Waals surface area contributed by atoms with Crippen molar-refractivity contribution in [2.24, 2.45) is 0 Å². The predicted octanol–water partition coefficient (Wildman–Crippen LogP) is 6.75. The number of carbonyl (C=O) groups excluding carboxylic acids is 2. The van der Waals surface area contributed by atoms with E-state index in [-0.39, 0.29) is 5.69 Å². The molecular weight excluding hydrogens is 585 g/mol. The fourth-order valence-electron chi connectivity index (χ4n) is 3.89. The van der Waals surface area contributed by atoms with E-state index in [1.807, 2.05) is 48.7 Å². The highest BCUT2D eigenvalue weighted by Gasteiger charge is 2.29. The third kappa shape index (κ3) is 5.67. The number of aromatic nitrogens is 2. The molecule has 0 spiro atoms. The van der Waals surface area contributed by atoms with Crippen molar-refractivity contribution in [3.05, 3.63) is 90.6 Å². The van der Waals surface area contributed by atoms with Crippen molar-refractivity contribution in [1.29, 1.82) is 0 Å². The Bertz CT molecular complexity index is 1390. The maximum Gasteiger partial charge on any atom is 0.328 e. The van der Waals surface area contributed by atoms with Crippen LogP contribution in [0.4, 0.5) is 0 Å². The largest absolute Gasteiger partial charge is 0.467 e. The molecule has 0 fully saturated rings. The van der Waals surface area contributed by atoms with E-state index >= 15 is 0 Å². The van der Waals surface area contributed by atoms with Gasteiger partial charge in [0, 0.05) is 31.9 Å². The number of halogens is 3. The summed E-state index contributed by atoms with van der Waals surface area (Å²) >= 11 is 17.6. The number of hydrogen-bond acceptors (Lipinski definition) is 5. The third-order valence-electron chi connectivity index (χ3n) is 5.58. The zero-order chi connectivity index (χ0) is 25.8. The average molecular weight is 607 g/mol. The maximum absolute atomic E-state index is 13.6. The normalized spacial score (nSPS) is 11.8. The minimum atomic E-state index is -0.855.